The molecule has 0 fully saturated rings. The number of rotatable bonds is 27. The summed E-state index contributed by atoms with van der Waals surface area (Å²) < 4.78 is 11.1. The number of benzene rings is 2. The van der Waals surface area contributed by atoms with Crippen molar-refractivity contribution in [2.45, 2.75) is 156 Å². The first-order valence-corrected chi connectivity index (χ1v) is 21.2. The quantitative estimate of drug-likeness (QED) is 0.0337. The Kier molecular flexibility index (Phi) is 20.1. The molecule has 0 unspecified atom stereocenters. The van der Waals surface area contributed by atoms with Crippen LogP contribution in [0, 0.1) is 5.92 Å². The van der Waals surface area contributed by atoms with Gasteiger partial charge in [0.2, 0.25) is 0 Å². The zero-order valence-corrected chi connectivity index (χ0v) is 33.8. The molecule has 8 heteroatoms. The molecule has 0 bridgehead atoms. The lowest BCUT2D eigenvalue weighted by atomic mass is 10.0. The predicted octanol–water partition coefficient (Wildman–Crippen LogP) is 12.3. The second-order valence-corrected chi connectivity index (χ2v) is 15.1. The molecule has 2 aromatic carbocycles. The number of aromatic nitrogens is 4. The van der Waals surface area contributed by atoms with E-state index in [0.717, 1.165) is 35.1 Å². The molecule has 4 rings (SSSR count). The van der Waals surface area contributed by atoms with E-state index in [1.807, 2.05) is 56.0 Å². The zero-order valence-electron chi connectivity index (χ0n) is 33.8. The Hall–Kier alpha value is -4.46. The first-order chi connectivity index (χ1) is 26.9. The van der Waals surface area contributed by atoms with Gasteiger partial charge in [-0.1, -0.05) is 111 Å². The molecule has 0 amide bonds. The first-order valence-electron chi connectivity index (χ1n) is 21.2. The fraction of sp³-hybridized carbons (Fsp3) is 0.532. The molecule has 4 aromatic rings. The van der Waals surface area contributed by atoms with E-state index in [1.54, 1.807) is 24.3 Å². The monoisotopic (exact) mass is 748 g/mol. The molecule has 2 aromatic heterocycles. The Morgan fingerprint density at radius 1 is 0.509 bits per heavy atom. The number of carbonyl (C=O) groups excluding carboxylic acids is 2. The van der Waals surface area contributed by atoms with Gasteiger partial charge >= 0.3 is 11.9 Å². The molecule has 1 atom stereocenters. The number of unbranched alkanes of at least 4 members (excludes halogenated alkanes) is 14. The van der Waals surface area contributed by atoms with E-state index in [9.17, 15) is 9.59 Å². The standard InChI is InChI=1S/C47H64N4O4/c1-4-6-8-10-12-14-16-18-20-38-33-48-46(49-34-38)40-23-27-42(28-24-40)54-44(52)31-22-37(3)32-45(53)55-43-29-25-41(26-30-43)47-50-35-39(36-51-47)21-19-17-15-13-11-9-7-5-2/h23-30,33-37H,4-22,31-32H2,1-3H3/t37-/m1/s1. The van der Waals surface area contributed by atoms with Gasteiger partial charge in [0.05, 0.1) is 0 Å². The maximum absolute atomic E-state index is 12.6. The van der Waals surface area contributed by atoms with E-state index in [4.69, 9.17) is 9.47 Å². The fourth-order valence-electron chi connectivity index (χ4n) is 6.64. The van der Waals surface area contributed by atoms with E-state index in [0.29, 0.717) is 29.6 Å². The van der Waals surface area contributed by atoms with E-state index in [2.05, 4.69) is 33.8 Å². The second-order valence-electron chi connectivity index (χ2n) is 15.1. The lowest BCUT2D eigenvalue weighted by molar-refractivity contribution is -0.137. The van der Waals surface area contributed by atoms with Crippen molar-refractivity contribution >= 4 is 11.9 Å². The van der Waals surface area contributed by atoms with Gasteiger partial charge in [-0.25, -0.2) is 19.9 Å². The third-order valence-electron chi connectivity index (χ3n) is 10.1. The molecule has 0 spiro atoms. The van der Waals surface area contributed by atoms with Crippen LogP contribution in [0.15, 0.2) is 73.3 Å². The molecule has 0 saturated heterocycles. The van der Waals surface area contributed by atoms with Crippen LogP contribution in [0.2, 0.25) is 0 Å². The number of hydrogen-bond donors (Lipinski definition) is 0. The van der Waals surface area contributed by atoms with E-state index < -0.39 is 0 Å². The number of ether oxygens (including phenoxy) is 2. The van der Waals surface area contributed by atoms with E-state index >= 15 is 0 Å². The molecule has 0 radical (unpaired) electrons. The molecule has 0 N–H and O–H groups in total. The summed E-state index contributed by atoms with van der Waals surface area (Å²) in [5.41, 5.74) is 4.05. The Morgan fingerprint density at radius 3 is 1.27 bits per heavy atom. The Balaban J connectivity index is 1.09. The van der Waals surface area contributed by atoms with Crippen molar-refractivity contribution < 1.29 is 19.1 Å². The molecule has 0 aliphatic heterocycles. The third kappa shape index (κ3) is 17.3. The topological polar surface area (TPSA) is 104 Å². The summed E-state index contributed by atoms with van der Waals surface area (Å²) in [4.78, 5) is 43.5. The van der Waals surface area contributed by atoms with Gasteiger partial charge in [0.25, 0.3) is 0 Å². The highest BCUT2D eigenvalue weighted by atomic mass is 16.5. The fourth-order valence-corrected chi connectivity index (χ4v) is 6.64. The molecule has 0 aliphatic carbocycles. The first kappa shape index (κ1) is 43.3. The van der Waals surface area contributed by atoms with Gasteiger partial charge in [-0.15, -0.1) is 0 Å². The molecule has 8 nitrogen and oxygen atoms in total. The third-order valence-corrected chi connectivity index (χ3v) is 10.1. The summed E-state index contributed by atoms with van der Waals surface area (Å²) in [7, 11) is 0. The highest BCUT2D eigenvalue weighted by Gasteiger charge is 2.15. The van der Waals surface area contributed by atoms with Crippen LogP contribution in [0.25, 0.3) is 22.8 Å². The van der Waals surface area contributed by atoms with Crippen LogP contribution in [0.4, 0.5) is 0 Å². The summed E-state index contributed by atoms with van der Waals surface area (Å²) in [6.45, 7) is 6.44. The Morgan fingerprint density at radius 2 is 0.873 bits per heavy atom. The van der Waals surface area contributed by atoms with Gasteiger partial charge < -0.3 is 9.47 Å². The molecule has 0 aliphatic rings. The number of aryl methyl sites for hydroxylation is 2. The highest BCUT2D eigenvalue weighted by Crippen LogP contribution is 2.23. The van der Waals surface area contributed by atoms with Crippen LogP contribution in [0.3, 0.4) is 0 Å². The minimum atomic E-state index is -0.339. The van der Waals surface area contributed by atoms with Crippen molar-refractivity contribution in [2.24, 2.45) is 5.92 Å². The van der Waals surface area contributed by atoms with Crippen LogP contribution in [-0.4, -0.2) is 31.9 Å². The van der Waals surface area contributed by atoms with Crippen molar-refractivity contribution in [3.05, 3.63) is 84.4 Å². The molecule has 2 heterocycles. The summed E-state index contributed by atoms with van der Waals surface area (Å²) in [6, 6.07) is 14.5. The molecule has 296 valence electrons. The smallest absolute Gasteiger partial charge is 0.311 e. The van der Waals surface area contributed by atoms with Gasteiger partial charge in [0, 0.05) is 48.8 Å². The largest absolute Gasteiger partial charge is 0.427 e. The summed E-state index contributed by atoms with van der Waals surface area (Å²) >= 11 is 0. The van der Waals surface area contributed by atoms with Gasteiger partial charge in [0.15, 0.2) is 11.6 Å². The van der Waals surface area contributed by atoms with Crippen molar-refractivity contribution in [3.63, 3.8) is 0 Å². The second kappa shape index (κ2) is 25.6. The van der Waals surface area contributed by atoms with Crippen LogP contribution in [-0.2, 0) is 22.4 Å². The average Bonchev–Trinajstić information content (AvgIpc) is 3.20. The lowest BCUT2D eigenvalue weighted by Crippen LogP contribution is -2.15. The lowest BCUT2D eigenvalue weighted by Gasteiger charge is -2.11. The van der Waals surface area contributed by atoms with Crippen LogP contribution < -0.4 is 9.47 Å². The Bertz CT molecular complexity index is 1640. The minimum Gasteiger partial charge on any atom is -0.427 e. The van der Waals surface area contributed by atoms with E-state index in [-0.39, 0.29) is 30.7 Å². The van der Waals surface area contributed by atoms with Crippen LogP contribution in [0.1, 0.15) is 154 Å². The number of carbonyl (C=O) groups is 2. The average molecular weight is 749 g/mol. The number of hydrogen-bond acceptors (Lipinski definition) is 8. The molecule has 55 heavy (non-hydrogen) atoms. The normalized spacial score (nSPS) is 11.7. The number of esters is 2. The van der Waals surface area contributed by atoms with E-state index in [1.165, 1.54) is 103 Å². The minimum absolute atomic E-state index is 0.0462. The maximum Gasteiger partial charge on any atom is 0.311 e. The molecular weight excluding hydrogens is 685 g/mol. The van der Waals surface area contributed by atoms with Crippen LogP contribution in [0.5, 0.6) is 11.5 Å². The maximum atomic E-state index is 12.6. The van der Waals surface area contributed by atoms with Crippen molar-refractivity contribution in [1.82, 2.24) is 19.9 Å². The zero-order chi connectivity index (χ0) is 38.9. The summed E-state index contributed by atoms with van der Waals surface area (Å²) in [5.74, 6) is 1.51. The summed E-state index contributed by atoms with van der Waals surface area (Å²) in [6.07, 6.45) is 31.4. The number of nitrogens with zero attached hydrogens (tertiary/aromatic N) is 4. The SMILES string of the molecule is CCCCCCCCCCc1cnc(-c2ccc(OC(=O)CC[C@@H](C)CC(=O)Oc3ccc(-c4ncc(CCCCCCCCCC)cn4)cc3)cc2)nc1. The highest BCUT2D eigenvalue weighted by molar-refractivity contribution is 5.74. The molecule has 0 saturated carbocycles. The van der Waals surface area contributed by atoms with Gasteiger partial charge in [-0.05, 0) is 97.7 Å². The summed E-state index contributed by atoms with van der Waals surface area (Å²) in [5, 5.41) is 0. The van der Waals surface area contributed by atoms with Crippen LogP contribution >= 0.6 is 0 Å². The van der Waals surface area contributed by atoms with Gasteiger partial charge in [-0.3, -0.25) is 9.59 Å². The van der Waals surface area contributed by atoms with Gasteiger partial charge in [-0.2, -0.15) is 0 Å². The van der Waals surface area contributed by atoms with Gasteiger partial charge in [0.1, 0.15) is 11.5 Å². The van der Waals surface area contributed by atoms with Crippen molar-refractivity contribution in [2.75, 3.05) is 0 Å². The van der Waals surface area contributed by atoms with Crippen molar-refractivity contribution in [3.8, 4) is 34.3 Å². The predicted molar refractivity (Wildman–Crippen MR) is 222 cm³/mol. The van der Waals surface area contributed by atoms with Crippen molar-refractivity contribution in [1.29, 1.82) is 0 Å². The molecular formula is C47H64N4O4. The Labute approximate surface area is 330 Å².